The van der Waals surface area contributed by atoms with Crippen LogP contribution in [0.1, 0.15) is 0 Å². The summed E-state index contributed by atoms with van der Waals surface area (Å²) in [4.78, 5) is 9.19. The van der Waals surface area contributed by atoms with Gasteiger partial charge in [-0.3, -0.25) is 4.79 Å². The molecule has 0 fully saturated rings. The van der Waals surface area contributed by atoms with Gasteiger partial charge in [0, 0.05) is 4.21 Å². The molecule has 0 heterocycles. The van der Waals surface area contributed by atoms with Crippen LogP contribution in [-0.4, -0.2) is 42.0 Å². The molecule has 0 aliphatic rings. The first-order chi connectivity index (χ1) is 2.91. The third-order valence-corrected chi connectivity index (χ3v) is 0.417. The van der Waals surface area contributed by atoms with E-state index in [1.165, 1.54) is 0 Å². The van der Waals surface area contributed by atoms with Crippen molar-refractivity contribution in [1.29, 1.82) is 0 Å². The molecule has 0 radical (unpaired) electrons. The molecule has 5 heteroatoms. The van der Waals surface area contributed by atoms with Gasteiger partial charge in [-0.1, -0.05) is 0 Å². The maximum absolute atomic E-state index is 9.32. The third kappa shape index (κ3) is 10.7. The van der Waals surface area contributed by atoms with Gasteiger partial charge < -0.3 is 4.74 Å². The van der Waals surface area contributed by atoms with Crippen LogP contribution in [0.5, 0.6) is 0 Å². The van der Waals surface area contributed by atoms with Gasteiger partial charge in [-0.15, -0.1) is 0 Å². The van der Waals surface area contributed by atoms with Gasteiger partial charge in [0.2, 0.25) is 0 Å². The van der Waals surface area contributed by atoms with Crippen molar-refractivity contribution in [1.82, 2.24) is 0 Å². The predicted octanol–water partition coefficient (Wildman–Crippen LogP) is -1.10. The van der Waals surface area contributed by atoms with Crippen molar-refractivity contribution < 1.29 is 13.7 Å². The number of hydrogen-bond donors (Lipinski definition) is 0. The molecular weight excluding hydrogens is 127 g/mol. The molecule has 0 bridgehead atoms. The Kier molecular flexibility index (Phi) is 14.5. The SMILES string of the molecule is O=COC[S+]=O.[NaH]. The van der Waals surface area contributed by atoms with Crippen molar-refractivity contribution in [2.75, 3.05) is 5.94 Å². The molecule has 0 saturated carbocycles. The molecular formula is C2H4NaO3S+. The van der Waals surface area contributed by atoms with Crippen LogP contribution in [0, 0.1) is 0 Å². The minimum atomic E-state index is -0.0938. The fourth-order valence-electron chi connectivity index (χ4n) is 0.0556. The molecule has 0 aliphatic carbocycles. The molecule has 0 aromatic heterocycles. The number of ether oxygens (including phenoxy) is 1. The van der Waals surface area contributed by atoms with E-state index in [4.69, 9.17) is 0 Å². The zero-order valence-electron chi connectivity index (χ0n) is 2.92. The quantitative estimate of drug-likeness (QED) is 0.160. The molecule has 0 aromatic carbocycles. The van der Waals surface area contributed by atoms with Gasteiger partial charge in [0.25, 0.3) is 6.47 Å². The van der Waals surface area contributed by atoms with E-state index >= 15 is 0 Å². The summed E-state index contributed by atoms with van der Waals surface area (Å²) in [6.45, 7) is 0.241. The Morgan fingerprint density at radius 1 is 1.71 bits per heavy atom. The Labute approximate surface area is 67.2 Å². The Morgan fingerprint density at radius 3 is 2.43 bits per heavy atom. The number of carbonyl (C=O) groups excluding carboxylic acids is 1. The van der Waals surface area contributed by atoms with Crippen molar-refractivity contribution in [3.63, 3.8) is 0 Å². The van der Waals surface area contributed by atoms with Crippen LogP contribution in [0.3, 0.4) is 0 Å². The van der Waals surface area contributed by atoms with Gasteiger partial charge in [-0.25, -0.2) is 0 Å². The van der Waals surface area contributed by atoms with Crippen LogP contribution in [0.25, 0.3) is 0 Å². The van der Waals surface area contributed by atoms with E-state index in [2.05, 4.69) is 4.74 Å². The molecule has 0 saturated heterocycles. The first-order valence-electron chi connectivity index (χ1n) is 1.22. The summed E-state index contributed by atoms with van der Waals surface area (Å²) < 4.78 is 13.3. The van der Waals surface area contributed by atoms with E-state index in [0.717, 1.165) is 0 Å². The maximum atomic E-state index is 9.32. The van der Waals surface area contributed by atoms with Crippen molar-refractivity contribution in [2.45, 2.75) is 0 Å². The zero-order chi connectivity index (χ0) is 4.83. The van der Waals surface area contributed by atoms with Gasteiger partial charge in [-0.05, 0) is 0 Å². The fourth-order valence-corrected chi connectivity index (χ4v) is 0.167. The summed E-state index contributed by atoms with van der Waals surface area (Å²) in [5.74, 6) is -0.0938. The van der Waals surface area contributed by atoms with E-state index in [0.29, 0.717) is 0 Å². The van der Waals surface area contributed by atoms with Crippen molar-refractivity contribution in [2.24, 2.45) is 0 Å². The standard InChI is InChI=1S/C2H3O3S.Na.H/c3-1-5-2-6-4;;/h1H,2H2;;/q+1;;. The molecule has 0 atom stereocenters. The molecule has 0 unspecified atom stereocenters. The summed E-state index contributed by atoms with van der Waals surface area (Å²) in [5, 5.41) is 0. The second-order valence-corrected chi connectivity index (χ2v) is 0.970. The molecule has 36 valence electrons. The normalized spacial score (nSPS) is 5.71. The summed E-state index contributed by atoms with van der Waals surface area (Å²) in [6.07, 6.45) is 0. The topological polar surface area (TPSA) is 43.4 Å². The summed E-state index contributed by atoms with van der Waals surface area (Å²) in [7, 11) is 0. The molecule has 0 amide bonds. The Bertz CT molecular complexity index is 48.9. The molecule has 0 aromatic rings. The Morgan fingerprint density at radius 2 is 2.29 bits per heavy atom. The summed E-state index contributed by atoms with van der Waals surface area (Å²) in [6, 6.07) is 0. The number of rotatable bonds is 3. The van der Waals surface area contributed by atoms with E-state index < -0.39 is 0 Å². The van der Waals surface area contributed by atoms with E-state index in [-0.39, 0.29) is 53.6 Å². The zero-order valence-corrected chi connectivity index (χ0v) is 3.73. The summed E-state index contributed by atoms with van der Waals surface area (Å²) in [5.41, 5.74) is 0. The molecule has 0 N–H and O–H groups in total. The average Bonchev–Trinajstić information content (AvgIpc) is 1.61. The second-order valence-electron chi connectivity index (χ2n) is 0.499. The third-order valence-electron chi connectivity index (χ3n) is 0.184. The Balaban J connectivity index is 0. The van der Waals surface area contributed by atoms with Crippen molar-refractivity contribution in [3.05, 3.63) is 0 Å². The van der Waals surface area contributed by atoms with E-state index in [9.17, 15) is 9.00 Å². The first-order valence-corrected chi connectivity index (χ1v) is 2.13. The number of hydrogen-bond acceptors (Lipinski definition) is 3. The van der Waals surface area contributed by atoms with Crippen LogP contribution in [0.4, 0.5) is 0 Å². The Hall–Kier alpha value is 0.490. The molecule has 0 aliphatic heterocycles. The van der Waals surface area contributed by atoms with Gasteiger partial charge in [0.05, 0.1) is 0 Å². The monoisotopic (exact) mass is 131 g/mol. The van der Waals surface area contributed by atoms with Crippen LogP contribution in [0.2, 0.25) is 0 Å². The molecule has 3 nitrogen and oxygen atoms in total. The van der Waals surface area contributed by atoms with Crippen molar-refractivity contribution >= 4 is 47.7 Å². The molecule has 7 heavy (non-hydrogen) atoms. The van der Waals surface area contributed by atoms with Crippen LogP contribution in [-0.2, 0) is 25.4 Å². The average molecular weight is 131 g/mol. The molecule has 0 rings (SSSR count). The minimum absolute atomic E-state index is 0. The van der Waals surface area contributed by atoms with Gasteiger partial charge in [0.1, 0.15) is 0 Å². The summed E-state index contributed by atoms with van der Waals surface area (Å²) >= 11 is 0.223. The van der Waals surface area contributed by atoms with Gasteiger partial charge in [-0.2, -0.15) is 0 Å². The number of carbonyl (C=O) groups is 1. The van der Waals surface area contributed by atoms with E-state index in [1.807, 2.05) is 0 Å². The van der Waals surface area contributed by atoms with Gasteiger partial charge in [0.15, 0.2) is 0 Å². The molecule has 0 spiro atoms. The van der Waals surface area contributed by atoms with Crippen molar-refractivity contribution in [3.8, 4) is 0 Å². The second kappa shape index (κ2) is 9.70. The van der Waals surface area contributed by atoms with Crippen LogP contribution in [0.15, 0.2) is 0 Å². The van der Waals surface area contributed by atoms with E-state index in [1.54, 1.807) is 0 Å². The van der Waals surface area contributed by atoms with Gasteiger partial charge >= 0.3 is 47.2 Å². The first kappa shape index (κ1) is 10.5. The fraction of sp³-hybridized carbons (Fsp3) is 0.500. The van der Waals surface area contributed by atoms with Crippen LogP contribution >= 0.6 is 0 Å². The predicted molar refractivity (Wildman–Crippen MR) is 27.2 cm³/mol. The van der Waals surface area contributed by atoms with Crippen LogP contribution < -0.4 is 0 Å².